The van der Waals surface area contributed by atoms with E-state index in [0.717, 1.165) is 30.6 Å². The van der Waals surface area contributed by atoms with Gasteiger partial charge in [0.2, 0.25) is 0 Å². The number of carboxylic acid groups (broad SMARTS) is 1. The summed E-state index contributed by atoms with van der Waals surface area (Å²) >= 11 is 1.57. The molecule has 0 bridgehead atoms. The molecule has 2 aromatic rings. The van der Waals surface area contributed by atoms with Crippen molar-refractivity contribution in [3.8, 4) is 10.8 Å². The smallest absolute Gasteiger partial charge is 0.306 e. The van der Waals surface area contributed by atoms with Crippen LogP contribution in [0.4, 0.5) is 0 Å². The molecule has 0 aliphatic heterocycles. The molecule has 1 aliphatic carbocycles. The Morgan fingerprint density at radius 2 is 2.24 bits per heavy atom. The lowest BCUT2D eigenvalue weighted by molar-refractivity contribution is -0.142. The minimum absolute atomic E-state index is 0.182. The predicted octanol–water partition coefficient (Wildman–Crippen LogP) is 2.53. The Kier molecular flexibility index (Phi) is 4.31. The summed E-state index contributed by atoms with van der Waals surface area (Å²) in [5.41, 5.74) is 0. The molecule has 2 heterocycles. The lowest BCUT2D eigenvalue weighted by Crippen LogP contribution is -2.34. The van der Waals surface area contributed by atoms with Gasteiger partial charge in [0.05, 0.1) is 17.3 Å². The van der Waals surface area contributed by atoms with Gasteiger partial charge in [-0.1, -0.05) is 11.2 Å². The third-order valence-corrected chi connectivity index (χ3v) is 4.68. The van der Waals surface area contributed by atoms with Crippen LogP contribution in [-0.4, -0.2) is 27.3 Å². The number of nitrogens with zero attached hydrogens (tertiary/aromatic N) is 2. The Labute approximate surface area is 126 Å². The molecule has 1 saturated carbocycles. The fourth-order valence-corrected chi connectivity index (χ4v) is 3.25. The van der Waals surface area contributed by atoms with Crippen molar-refractivity contribution < 1.29 is 14.4 Å². The minimum Gasteiger partial charge on any atom is -0.481 e. The van der Waals surface area contributed by atoms with E-state index in [1.807, 2.05) is 17.5 Å². The van der Waals surface area contributed by atoms with Crippen molar-refractivity contribution in [1.82, 2.24) is 15.5 Å². The second-order valence-electron chi connectivity index (χ2n) is 5.26. The van der Waals surface area contributed by atoms with Crippen LogP contribution in [0.15, 0.2) is 22.0 Å². The van der Waals surface area contributed by atoms with Gasteiger partial charge in [0.25, 0.3) is 5.89 Å². The molecule has 0 atom stereocenters. The SMILES string of the molecule is O=C(O)C1CCC(NCc2noc(-c3cccs3)n2)CC1. The van der Waals surface area contributed by atoms with Gasteiger partial charge in [-0.05, 0) is 37.1 Å². The first-order chi connectivity index (χ1) is 10.2. The summed E-state index contributed by atoms with van der Waals surface area (Å²) in [6, 6.07) is 4.23. The van der Waals surface area contributed by atoms with Gasteiger partial charge >= 0.3 is 5.97 Å². The Morgan fingerprint density at radius 3 is 2.90 bits per heavy atom. The zero-order chi connectivity index (χ0) is 14.7. The van der Waals surface area contributed by atoms with E-state index in [1.165, 1.54) is 0 Å². The Balaban J connectivity index is 1.49. The molecule has 21 heavy (non-hydrogen) atoms. The summed E-state index contributed by atoms with van der Waals surface area (Å²) in [5, 5.41) is 18.3. The summed E-state index contributed by atoms with van der Waals surface area (Å²) in [4.78, 5) is 16.2. The van der Waals surface area contributed by atoms with E-state index < -0.39 is 5.97 Å². The summed E-state index contributed by atoms with van der Waals surface area (Å²) in [5.74, 6) is 0.334. The van der Waals surface area contributed by atoms with Crippen LogP contribution in [0.5, 0.6) is 0 Å². The van der Waals surface area contributed by atoms with Crippen LogP contribution in [0.2, 0.25) is 0 Å². The van der Waals surface area contributed by atoms with E-state index in [4.69, 9.17) is 9.63 Å². The fourth-order valence-electron chi connectivity index (χ4n) is 2.61. The topological polar surface area (TPSA) is 88.2 Å². The maximum Gasteiger partial charge on any atom is 0.306 e. The standard InChI is InChI=1S/C14H17N3O3S/c18-14(19)9-3-5-10(6-4-9)15-8-12-16-13(20-17-12)11-2-1-7-21-11/h1-2,7,9-10,15H,3-6,8H2,(H,18,19). The highest BCUT2D eigenvalue weighted by Gasteiger charge is 2.25. The van der Waals surface area contributed by atoms with Crippen molar-refractivity contribution >= 4 is 17.3 Å². The molecule has 6 nitrogen and oxygen atoms in total. The van der Waals surface area contributed by atoms with Gasteiger partial charge in [0.15, 0.2) is 5.82 Å². The first-order valence-corrected chi connectivity index (χ1v) is 7.93. The molecule has 0 aromatic carbocycles. The summed E-state index contributed by atoms with van der Waals surface area (Å²) < 4.78 is 5.23. The van der Waals surface area contributed by atoms with E-state index >= 15 is 0 Å². The van der Waals surface area contributed by atoms with Crippen molar-refractivity contribution in [2.45, 2.75) is 38.3 Å². The van der Waals surface area contributed by atoms with E-state index in [2.05, 4.69) is 15.5 Å². The van der Waals surface area contributed by atoms with Crippen molar-refractivity contribution in [3.63, 3.8) is 0 Å². The van der Waals surface area contributed by atoms with Crippen LogP contribution in [0.1, 0.15) is 31.5 Å². The normalized spacial score (nSPS) is 22.3. The molecular weight excluding hydrogens is 290 g/mol. The van der Waals surface area contributed by atoms with E-state index in [0.29, 0.717) is 24.3 Å². The van der Waals surface area contributed by atoms with Crippen LogP contribution in [0.3, 0.4) is 0 Å². The Bertz CT molecular complexity index is 588. The second-order valence-corrected chi connectivity index (χ2v) is 6.21. The average Bonchev–Trinajstić information content (AvgIpc) is 3.16. The second kappa shape index (κ2) is 6.36. The number of aromatic nitrogens is 2. The van der Waals surface area contributed by atoms with Crippen molar-refractivity contribution in [1.29, 1.82) is 0 Å². The van der Waals surface area contributed by atoms with Gasteiger partial charge in [-0.2, -0.15) is 4.98 Å². The first-order valence-electron chi connectivity index (χ1n) is 7.05. The van der Waals surface area contributed by atoms with Gasteiger partial charge in [0.1, 0.15) is 0 Å². The van der Waals surface area contributed by atoms with E-state index in [-0.39, 0.29) is 5.92 Å². The molecule has 3 rings (SSSR count). The highest BCUT2D eigenvalue weighted by molar-refractivity contribution is 7.13. The molecule has 1 fully saturated rings. The van der Waals surface area contributed by atoms with Crippen LogP contribution >= 0.6 is 11.3 Å². The van der Waals surface area contributed by atoms with Crippen LogP contribution in [-0.2, 0) is 11.3 Å². The van der Waals surface area contributed by atoms with E-state index in [9.17, 15) is 4.79 Å². The number of thiophene rings is 1. The van der Waals surface area contributed by atoms with Crippen LogP contribution in [0, 0.1) is 5.92 Å². The summed E-state index contributed by atoms with van der Waals surface area (Å²) in [6.45, 7) is 0.553. The minimum atomic E-state index is -0.674. The summed E-state index contributed by atoms with van der Waals surface area (Å²) in [7, 11) is 0. The monoisotopic (exact) mass is 307 g/mol. The number of hydrogen-bond donors (Lipinski definition) is 2. The molecule has 7 heteroatoms. The number of carbonyl (C=O) groups is 1. The third-order valence-electron chi connectivity index (χ3n) is 3.83. The average molecular weight is 307 g/mol. The third kappa shape index (κ3) is 3.48. The number of carboxylic acids is 1. The number of nitrogens with one attached hydrogen (secondary N) is 1. The van der Waals surface area contributed by atoms with Crippen molar-refractivity contribution in [2.75, 3.05) is 0 Å². The Morgan fingerprint density at radius 1 is 1.43 bits per heavy atom. The quantitative estimate of drug-likeness (QED) is 0.882. The molecule has 0 unspecified atom stereocenters. The zero-order valence-electron chi connectivity index (χ0n) is 11.5. The molecule has 2 N–H and O–H groups in total. The molecule has 0 amide bonds. The Hall–Kier alpha value is -1.73. The molecular formula is C14H17N3O3S. The number of aliphatic carboxylic acids is 1. The van der Waals surface area contributed by atoms with Crippen molar-refractivity contribution in [2.24, 2.45) is 5.92 Å². The highest BCUT2D eigenvalue weighted by Crippen LogP contribution is 2.25. The maximum absolute atomic E-state index is 10.9. The molecule has 0 spiro atoms. The summed E-state index contributed by atoms with van der Waals surface area (Å²) in [6.07, 6.45) is 3.23. The zero-order valence-corrected chi connectivity index (χ0v) is 12.3. The van der Waals surface area contributed by atoms with Crippen LogP contribution < -0.4 is 5.32 Å². The number of rotatable bonds is 5. The molecule has 112 valence electrons. The largest absolute Gasteiger partial charge is 0.481 e. The van der Waals surface area contributed by atoms with E-state index in [1.54, 1.807) is 11.3 Å². The molecule has 0 saturated heterocycles. The van der Waals surface area contributed by atoms with Gasteiger partial charge < -0.3 is 14.9 Å². The first kappa shape index (κ1) is 14.2. The lowest BCUT2D eigenvalue weighted by atomic mass is 9.86. The van der Waals surface area contributed by atoms with Gasteiger partial charge in [-0.3, -0.25) is 4.79 Å². The van der Waals surface area contributed by atoms with Gasteiger partial charge in [-0.25, -0.2) is 0 Å². The number of hydrogen-bond acceptors (Lipinski definition) is 6. The molecule has 1 aliphatic rings. The van der Waals surface area contributed by atoms with Crippen LogP contribution in [0.25, 0.3) is 10.8 Å². The lowest BCUT2D eigenvalue weighted by Gasteiger charge is -2.26. The fraction of sp³-hybridized carbons (Fsp3) is 0.500. The molecule has 0 radical (unpaired) electrons. The maximum atomic E-state index is 10.9. The molecule has 2 aromatic heterocycles. The van der Waals surface area contributed by atoms with Gasteiger partial charge in [0, 0.05) is 6.04 Å². The van der Waals surface area contributed by atoms with Gasteiger partial charge in [-0.15, -0.1) is 11.3 Å². The highest BCUT2D eigenvalue weighted by atomic mass is 32.1. The predicted molar refractivity (Wildman–Crippen MR) is 77.8 cm³/mol. The van der Waals surface area contributed by atoms with Crippen molar-refractivity contribution in [3.05, 3.63) is 23.3 Å².